The number of nitrogens with zero attached hydrogens (tertiary/aromatic N) is 5. The van der Waals surface area contributed by atoms with Crippen molar-refractivity contribution in [2.75, 3.05) is 11.1 Å². The van der Waals surface area contributed by atoms with Gasteiger partial charge in [0.2, 0.25) is 11.7 Å². The van der Waals surface area contributed by atoms with Crippen molar-refractivity contribution >= 4 is 52.2 Å². The highest BCUT2D eigenvalue weighted by Gasteiger charge is 2.12. The van der Waals surface area contributed by atoms with Gasteiger partial charge in [0, 0.05) is 11.9 Å². The van der Waals surface area contributed by atoms with Crippen LogP contribution in [0.15, 0.2) is 59.8 Å². The number of carbonyl (C=O) groups excluding carboxylic acids is 1. The third kappa shape index (κ3) is 4.09. The minimum Gasteiger partial charge on any atom is -0.325 e. The summed E-state index contributed by atoms with van der Waals surface area (Å²) in [5, 5.41) is 17.0. The van der Waals surface area contributed by atoms with Gasteiger partial charge in [-0.25, -0.2) is 0 Å². The zero-order chi connectivity index (χ0) is 19.5. The molecule has 0 aliphatic heterocycles. The van der Waals surface area contributed by atoms with E-state index < -0.39 is 0 Å². The number of nitrogens with one attached hydrogen (secondary N) is 1. The molecule has 0 saturated heterocycles. The van der Waals surface area contributed by atoms with E-state index >= 15 is 0 Å². The molecule has 0 atom stereocenters. The lowest BCUT2D eigenvalue weighted by molar-refractivity contribution is -0.113. The van der Waals surface area contributed by atoms with Crippen molar-refractivity contribution in [1.29, 1.82) is 0 Å². The Labute approximate surface area is 174 Å². The molecular weight excluding hydrogens is 419 g/mol. The van der Waals surface area contributed by atoms with E-state index in [1.807, 2.05) is 18.2 Å². The lowest BCUT2D eigenvalue weighted by Crippen LogP contribution is -2.14. The van der Waals surface area contributed by atoms with Crippen LogP contribution in [0.25, 0.3) is 17.2 Å². The highest BCUT2D eigenvalue weighted by atomic mass is 35.5. The lowest BCUT2D eigenvalue weighted by Gasteiger charge is -2.06. The summed E-state index contributed by atoms with van der Waals surface area (Å²) >= 11 is 13.1. The zero-order valence-corrected chi connectivity index (χ0v) is 16.5. The van der Waals surface area contributed by atoms with Crippen LogP contribution in [-0.4, -0.2) is 36.5 Å². The van der Waals surface area contributed by atoms with Gasteiger partial charge < -0.3 is 5.32 Å². The molecule has 1 amide bonds. The van der Waals surface area contributed by atoms with Crippen LogP contribution in [0.1, 0.15) is 0 Å². The van der Waals surface area contributed by atoms with E-state index in [4.69, 9.17) is 23.2 Å². The molecule has 1 N–H and O–H groups in total. The molecule has 4 rings (SSSR count). The van der Waals surface area contributed by atoms with Gasteiger partial charge in [0.25, 0.3) is 0 Å². The maximum Gasteiger partial charge on any atom is 0.234 e. The molecule has 0 spiro atoms. The molecule has 3 aromatic heterocycles. The van der Waals surface area contributed by atoms with Crippen LogP contribution in [0, 0.1) is 0 Å². The fourth-order valence-corrected chi connectivity index (χ4v) is 3.37. The SMILES string of the molecule is O=C(CSc1ccc2nnc(-c3ccccn3)n2n1)Nc1ccc(Cl)c(Cl)c1. The highest BCUT2D eigenvalue weighted by molar-refractivity contribution is 7.99. The minimum absolute atomic E-state index is 0.180. The van der Waals surface area contributed by atoms with Crippen molar-refractivity contribution in [2.45, 2.75) is 5.03 Å². The fourth-order valence-electron chi connectivity index (χ4n) is 2.41. The normalized spacial score (nSPS) is 10.9. The van der Waals surface area contributed by atoms with Crippen molar-refractivity contribution in [3.05, 3.63) is 64.8 Å². The first kappa shape index (κ1) is 18.7. The average molecular weight is 431 g/mol. The monoisotopic (exact) mass is 430 g/mol. The second kappa shape index (κ2) is 8.14. The number of fused-ring (bicyclic) bond motifs is 1. The number of carbonyl (C=O) groups is 1. The summed E-state index contributed by atoms with van der Waals surface area (Å²) in [6, 6.07) is 14.1. The minimum atomic E-state index is -0.181. The van der Waals surface area contributed by atoms with E-state index in [0.717, 1.165) is 0 Å². The predicted molar refractivity (Wildman–Crippen MR) is 110 cm³/mol. The first-order chi connectivity index (χ1) is 13.6. The molecule has 0 aliphatic rings. The van der Waals surface area contributed by atoms with Gasteiger partial charge in [-0.2, -0.15) is 9.61 Å². The van der Waals surface area contributed by atoms with Gasteiger partial charge in [-0.05, 0) is 42.5 Å². The quantitative estimate of drug-likeness (QED) is 0.477. The van der Waals surface area contributed by atoms with Crippen LogP contribution in [0.3, 0.4) is 0 Å². The van der Waals surface area contributed by atoms with E-state index in [0.29, 0.717) is 37.9 Å². The van der Waals surface area contributed by atoms with Gasteiger partial charge in [0.15, 0.2) is 5.65 Å². The van der Waals surface area contributed by atoms with Gasteiger partial charge in [-0.1, -0.05) is 41.0 Å². The summed E-state index contributed by atoms with van der Waals surface area (Å²) in [6.45, 7) is 0. The standard InChI is InChI=1S/C18H12Cl2N6OS/c19-12-5-4-11(9-13(12)20)22-16(27)10-28-17-7-6-15-23-24-18(26(15)25-17)14-3-1-2-8-21-14/h1-9H,10H2,(H,22,27). The molecule has 28 heavy (non-hydrogen) atoms. The number of thioether (sulfide) groups is 1. The van der Waals surface area contributed by atoms with Gasteiger partial charge in [0.1, 0.15) is 10.7 Å². The van der Waals surface area contributed by atoms with Crippen LogP contribution < -0.4 is 5.32 Å². The van der Waals surface area contributed by atoms with Crippen molar-refractivity contribution in [1.82, 2.24) is 24.8 Å². The second-order valence-electron chi connectivity index (χ2n) is 5.65. The Hall–Kier alpha value is -2.68. The first-order valence-electron chi connectivity index (χ1n) is 8.12. The van der Waals surface area contributed by atoms with Crippen LogP contribution >= 0.6 is 35.0 Å². The molecule has 0 unspecified atom stereocenters. The summed E-state index contributed by atoms with van der Waals surface area (Å²) in [4.78, 5) is 16.5. The Bertz CT molecular complexity index is 1150. The number of anilines is 1. The molecule has 4 aromatic rings. The van der Waals surface area contributed by atoms with E-state index in [1.54, 1.807) is 41.0 Å². The molecular formula is C18H12Cl2N6OS. The summed E-state index contributed by atoms with van der Waals surface area (Å²) in [6.07, 6.45) is 1.68. The molecule has 0 radical (unpaired) electrons. The number of rotatable bonds is 5. The number of halogens is 2. The molecule has 1 aromatic carbocycles. The molecule has 7 nitrogen and oxygen atoms in total. The number of hydrogen-bond acceptors (Lipinski definition) is 6. The van der Waals surface area contributed by atoms with Crippen molar-refractivity contribution < 1.29 is 4.79 Å². The lowest BCUT2D eigenvalue weighted by atomic mass is 10.3. The van der Waals surface area contributed by atoms with Crippen LogP contribution in [-0.2, 0) is 4.79 Å². The van der Waals surface area contributed by atoms with Crippen LogP contribution in [0.2, 0.25) is 10.0 Å². The topological polar surface area (TPSA) is 85.1 Å². The molecule has 0 aliphatic carbocycles. The average Bonchev–Trinajstić information content (AvgIpc) is 3.13. The third-order valence-corrected chi connectivity index (χ3v) is 5.35. The zero-order valence-electron chi connectivity index (χ0n) is 14.2. The van der Waals surface area contributed by atoms with E-state index in [1.165, 1.54) is 11.8 Å². The van der Waals surface area contributed by atoms with Crippen LogP contribution in [0.4, 0.5) is 5.69 Å². The summed E-state index contributed by atoms with van der Waals surface area (Å²) in [7, 11) is 0. The van der Waals surface area contributed by atoms with Gasteiger partial charge in [-0.3, -0.25) is 9.78 Å². The van der Waals surface area contributed by atoms with Crippen molar-refractivity contribution in [2.24, 2.45) is 0 Å². The van der Waals surface area contributed by atoms with Crippen molar-refractivity contribution in [3.8, 4) is 11.5 Å². The molecule has 10 heteroatoms. The molecule has 3 heterocycles. The first-order valence-corrected chi connectivity index (χ1v) is 9.86. The molecule has 0 fully saturated rings. The van der Waals surface area contributed by atoms with E-state index in [2.05, 4.69) is 25.6 Å². The number of benzene rings is 1. The maximum atomic E-state index is 12.2. The Morgan fingerprint density at radius 1 is 1.07 bits per heavy atom. The molecule has 140 valence electrons. The largest absolute Gasteiger partial charge is 0.325 e. The Morgan fingerprint density at radius 2 is 1.96 bits per heavy atom. The van der Waals surface area contributed by atoms with Gasteiger partial charge >= 0.3 is 0 Å². The smallest absolute Gasteiger partial charge is 0.234 e. The van der Waals surface area contributed by atoms with E-state index in [9.17, 15) is 4.79 Å². The number of hydrogen-bond donors (Lipinski definition) is 1. The number of amides is 1. The third-order valence-electron chi connectivity index (χ3n) is 3.69. The summed E-state index contributed by atoms with van der Waals surface area (Å²) in [5.74, 6) is 0.539. The van der Waals surface area contributed by atoms with Crippen LogP contribution in [0.5, 0.6) is 0 Å². The fraction of sp³-hybridized carbons (Fsp3) is 0.0556. The number of pyridine rings is 1. The summed E-state index contributed by atoms with van der Waals surface area (Å²) in [5.41, 5.74) is 1.85. The Morgan fingerprint density at radius 3 is 2.75 bits per heavy atom. The van der Waals surface area contributed by atoms with Gasteiger partial charge in [0.05, 0.1) is 15.8 Å². The van der Waals surface area contributed by atoms with Gasteiger partial charge in [-0.15, -0.1) is 10.2 Å². The summed E-state index contributed by atoms with van der Waals surface area (Å²) < 4.78 is 1.61. The Kier molecular flexibility index (Phi) is 5.43. The second-order valence-corrected chi connectivity index (χ2v) is 7.46. The number of aromatic nitrogens is 5. The molecule has 0 bridgehead atoms. The van der Waals surface area contributed by atoms with E-state index in [-0.39, 0.29) is 11.7 Å². The predicted octanol–water partition coefficient (Wildman–Crippen LogP) is 4.22. The highest BCUT2D eigenvalue weighted by Crippen LogP contribution is 2.25. The Balaban J connectivity index is 1.47. The van der Waals surface area contributed by atoms with Crippen molar-refractivity contribution in [3.63, 3.8) is 0 Å². The molecule has 0 saturated carbocycles. The maximum absolute atomic E-state index is 12.2.